The average Bonchev–Trinajstić information content (AvgIpc) is 2.80. The van der Waals surface area contributed by atoms with Gasteiger partial charge < -0.3 is 10.0 Å². The van der Waals surface area contributed by atoms with Gasteiger partial charge in [-0.15, -0.1) is 0 Å². The molecule has 0 aliphatic carbocycles. The van der Waals surface area contributed by atoms with Crippen molar-refractivity contribution in [3.05, 3.63) is 34.9 Å². The number of carboxylic acid groups (broad SMARTS) is 1. The Hall–Kier alpha value is -1.84. The second-order valence-corrected chi connectivity index (χ2v) is 5.69. The van der Waals surface area contributed by atoms with E-state index in [4.69, 9.17) is 5.11 Å². The van der Waals surface area contributed by atoms with E-state index in [2.05, 4.69) is 0 Å². The lowest BCUT2D eigenvalue weighted by atomic mass is 9.88. The van der Waals surface area contributed by atoms with E-state index < -0.39 is 5.97 Å². The smallest absolute Gasteiger partial charge is 0.335 e. The minimum absolute atomic E-state index is 0.128. The Labute approximate surface area is 113 Å². The first kappa shape index (κ1) is 13.6. The topological polar surface area (TPSA) is 57.6 Å². The molecule has 0 bridgehead atoms. The SMILES string of the molecule is CCC(C)(C)C(=O)N1Cc2ccc(C(=O)O)cc2C1. The predicted octanol–water partition coefficient (Wildman–Crippen LogP) is 2.66. The number of hydrogen-bond acceptors (Lipinski definition) is 2. The van der Waals surface area contributed by atoms with Gasteiger partial charge in [0.1, 0.15) is 0 Å². The van der Waals surface area contributed by atoms with Gasteiger partial charge in [0.25, 0.3) is 0 Å². The molecule has 0 fully saturated rings. The van der Waals surface area contributed by atoms with Crippen LogP contribution in [0.1, 0.15) is 48.7 Å². The molecule has 4 nitrogen and oxygen atoms in total. The highest BCUT2D eigenvalue weighted by molar-refractivity contribution is 5.88. The van der Waals surface area contributed by atoms with Crippen LogP contribution in [0.15, 0.2) is 18.2 Å². The normalized spacial score (nSPS) is 14.4. The molecule has 0 unspecified atom stereocenters. The monoisotopic (exact) mass is 261 g/mol. The number of carbonyl (C=O) groups excluding carboxylic acids is 1. The maximum atomic E-state index is 12.4. The summed E-state index contributed by atoms with van der Waals surface area (Å²) < 4.78 is 0. The number of amides is 1. The van der Waals surface area contributed by atoms with E-state index in [0.717, 1.165) is 17.5 Å². The van der Waals surface area contributed by atoms with E-state index >= 15 is 0 Å². The predicted molar refractivity (Wildman–Crippen MR) is 71.7 cm³/mol. The van der Waals surface area contributed by atoms with E-state index in [1.54, 1.807) is 17.0 Å². The molecule has 0 spiro atoms. The van der Waals surface area contributed by atoms with Gasteiger partial charge >= 0.3 is 5.97 Å². The van der Waals surface area contributed by atoms with Gasteiger partial charge in [-0.3, -0.25) is 4.79 Å². The van der Waals surface area contributed by atoms with Crippen molar-refractivity contribution in [2.45, 2.75) is 40.3 Å². The first-order chi connectivity index (χ1) is 8.85. The Bertz CT molecular complexity index is 534. The largest absolute Gasteiger partial charge is 0.478 e. The summed E-state index contributed by atoms with van der Waals surface area (Å²) in [6.07, 6.45) is 0.791. The third-order valence-corrected chi connectivity index (χ3v) is 3.93. The number of benzene rings is 1. The maximum Gasteiger partial charge on any atom is 0.335 e. The molecule has 0 atom stereocenters. The molecule has 1 amide bonds. The standard InChI is InChI=1S/C15H19NO3/c1-4-15(2,3)14(19)16-8-11-6-5-10(13(17)18)7-12(11)9-16/h5-7H,4,8-9H2,1-3H3,(H,17,18). The Morgan fingerprint density at radius 3 is 2.47 bits per heavy atom. The third kappa shape index (κ3) is 2.48. The van der Waals surface area contributed by atoms with Gasteiger partial charge in [-0.25, -0.2) is 4.79 Å². The van der Waals surface area contributed by atoms with E-state index in [1.807, 2.05) is 26.8 Å². The number of aromatic carboxylic acids is 1. The van der Waals surface area contributed by atoms with Gasteiger partial charge in [-0.05, 0) is 29.7 Å². The maximum absolute atomic E-state index is 12.4. The summed E-state index contributed by atoms with van der Waals surface area (Å²) in [4.78, 5) is 25.1. The Balaban J connectivity index is 2.21. The van der Waals surface area contributed by atoms with Gasteiger partial charge in [-0.2, -0.15) is 0 Å². The lowest BCUT2D eigenvalue weighted by Gasteiger charge is -2.27. The average molecular weight is 261 g/mol. The second-order valence-electron chi connectivity index (χ2n) is 5.69. The number of carboxylic acids is 1. The van der Waals surface area contributed by atoms with E-state index in [1.165, 1.54) is 0 Å². The molecule has 0 aromatic heterocycles. The van der Waals surface area contributed by atoms with E-state index in [0.29, 0.717) is 13.1 Å². The number of hydrogen-bond donors (Lipinski definition) is 1. The van der Waals surface area contributed by atoms with Crippen LogP contribution in [-0.2, 0) is 17.9 Å². The molecule has 1 heterocycles. The van der Waals surface area contributed by atoms with Crippen molar-refractivity contribution in [1.82, 2.24) is 4.90 Å². The summed E-state index contributed by atoms with van der Waals surface area (Å²) in [6, 6.07) is 5.08. The summed E-state index contributed by atoms with van der Waals surface area (Å²) >= 11 is 0. The van der Waals surface area contributed by atoms with Crippen molar-refractivity contribution in [1.29, 1.82) is 0 Å². The molecule has 1 aliphatic heterocycles. The molecule has 2 rings (SSSR count). The first-order valence-electron chi connectivity index (χ1n) is 6.49. The fraction of sp³-hybridized carbons (Fsp3) is 0.467. The van der Waals surface area contributed by atoms with Gasteiger partial charge in [0, 0.05) is 18.5 Å². The highest BCUT2D eigenvalue weighted by atomic mass is 16.4. The van der Waals surface area contributed by atoms with E-state index in [9.17, 15) is 9.59 Å². The zero-order valence-corrected chi connectivity index (χ0v) is 11.6. The molecule has 4 heteroatoms. The lowest BCUT2D eigenvalue weighted by molar-refractivity contribution is -0.141. The van der Waals surface area contributed by atoms with Crippen molar-refractivity contribution in [2.24, 2.45) is 5.41 Å². The fourth-order valence-corrected chi connectivity index (χ4v) is 2.25. The van der Waals surface area contributed by atoms with Gasteiger partial charge in [-0.1, -0.05) is 26.8 Å². The van der Waals surface area contributed by atoms with Crippen molar-refractivity contribution < 1.29 is 14.7 Å². The third-order valence-electron chi connectivity index (χ3n) is 3.93. The summed E-state index contributed by atoms with van der Waals surface area (Å²) in [6.45, 7) is 6.99. The van der Waals surface area contributed by atoms with Crippen LogP contribution in [0.4, 0.5) is 0 Å². The highest BCUT2D eigenvalue weighted by Gasteiger charge is 2.33. The van der Waals surface area contributed by atoms with Crippen LogP contribution >= 0.6 is 0 Å². The molecule has 1 N–H and O–H groups in total. The van der Waals surface area contributed by atoms with Crippen molar-refractivity contribution in [3.8, 4) is 0 Å². The lowest BCUT2D eigenvalue weighted by Crippen LogP contribution is -2.37. The fourth-order valence-electron chi connectivity index (χ4n) is 2.25. The Kier molecular flexibility index (Phi) is 3.35. The van der Waals surface area contributed by atoms with Crippen LogP contribution in [0.25, 0.3) is 0 Å². The van der Waals surface area contributed by atoms with Crippen molar-refractivity contribution in [2.75, 3.05) is 0 Å². The van der Waals surface area contributed by atoms with Crippen LogP contribution in [-0.4, -0.2) is 21.9 Å². The second kappa shape index (κ2) is 4.68. The first-order valence-corrected chi connectivity index (χ1v) is 6.49. The zero-order chi connectivity index (χ0) is 14.2. The van der Waals surface area contributed by atoms with Crippen LogP contribution in [0.3, 0.4) is 0 Å². The highest BCUT2D eigenvalue weighted by Crippen LogP contribution is 2.30. The summed E-state index contributed by atoms with van der Waals surface area (Å²) in [5.41, 5.74) is 1.91. The number of nitrogens with zero attached hydrogens (tertiary/aromatic N) is 1. The number of fused-ring (bicyclic) bond motifs is 1. The van der Waals surface area contributed by atoms with E-state index in [-0.39, 0.29) is 16.9 Å². The van der Waals surface area contributed by atoms with Crippen LogP contribution in [0.5, 0.6) is 0 Å². The summed E-state index contributed by atoms with van der Waals surface area (Å²) in [7, 11) is 0. The van der Waals surface area contributed by atoms with Gasteiger partial charge in [0.2, 0.25) is 5.91 Å². The summed E-state index contributed by atoms with van der Waals surface area (Å²) in [5.74, 6) is -0.801. The number of carbonyl (C=O) groups is 2. The molecule has 1 aromatic rings. The van der Waals surface area contributed by atoms with Crippen LogP contribution in [0, 0.1) is 5.41 Å². The minimum Gasteiger partial charge on any atom is -0.478 e. The molecule has 1 aliphatic rings. The molecule has 0 saturated carbocycles. The molecule has 0 saturated heterocycles. The molecular formula is C15H19NO3. The van der Waals surface area contributed by atoms with Crippen LogP contribution in [0.2, 0.25) is 0 Å². The van der Waals surface area contributed by atoms with Gasteiger partial charge in [0.15, 0.2) is 0 Å². The summed E-state index contributed by atoms with van der Waals surface area (Å²) in [5, 5.41) is 8.98. The van der Waals surface area contributed by atoms with Gasteiger partial charge in [0.05, 0.1) is 5.56 Å². The molecule has 102 valence electrons. The van der Waals surface area contributed by atoms with Crippen LogP contribution < -0.4 is 0 Å². The minimum atomic E-state index is -0.929. The van der Waals surface area contributed by atoms with Crippen molar-refractivity contribution >= 4 is 11.9 Å². The number of rotatable bonds is 3. The molecule has 19 heavy (non-hydrogen) atoms. The molecule has 1 aromatic carbocycles. The molecule has 0 radical (unpaired) electrons. The Morgan fingerprint density at radius 1 is 1.26 bits per heavy atom. The zero-order valence-electron chi connectivity index (χ0n) is 11.6. The quantitative estimate of drug-likeness (QED) is 0.910. The molecular weight excluding hydrogens is 242 g/mol. The van der Waals surface area contributed by atoms with Crippen molar-refractivity contribution in [3.63, 3.8) is 0 Å². The Morgan fingerprint density at radius 2 is 1.89 bits per heavy atom.